The summed E-state index contributed by atoms with van der Waals surface area (Å²) >= 11 is 0. The van der Waals surface area contributed by atoms with Crippen molar-refractivity contribution in [1.29, 1.82) is 0 Å². The van der Waals surface area contributed by atoms with Gasteiger partial charge in [0, 0.05) is 13.1 Å². The first kappa shape index (κ1) is 14.9. The molecule has 0 amide bonds. The van der Waals surface area contributed by atoms with E-state index in [-0.39, 0.29) is 12.4 Å². The lowest BCUT2D eigenvalue weighted by molar-refractivity contribution is -0.323. The van der Waals surface area contributed by atoms with Gasteiger partial charge in [-0.25, -0.2) is 4.39 Å². The van der Waals surface area contributed by atoms with Gasteiger partial charge in [-0.05, 0) is 30.5 Å². The molecule has 1 N–H and O–H groups in total. The average Bonchev–Trinajstić information content (AvgIpc) is 2.23. The normalized spacial score (nSPS) is 11.9. The van der Waals surface area contributed by atoms with Crippen LogP contribution in [-0.4, -0.2) is 19.5 Å². The smallest absolute Gasteiger partial charge is 0.310 e. The summed E-state index contributed by atoms with van der Waals surface area (Å²) < 4.78 is 51.9. The fraction of sp³-hybridized carbons (Fsp3) is 0.500. The van der Waals surface area contributed by atoms with Crippen LogP contribution in [0.25, 0.3) is 0 Å². The first-order valence-electron chi connectivity index (χ1n) is 5.46. The predicted molar refractivity (Wildman–Crippen MR) is 59.6 cm³/mol. The van der Waals surface area contributed by atoms with Gasteiger partial charge in [-0.15, -0.1) is 13.2 Å². The van der Waals surface area contributed by atoms with Crippen molar-refractivity contribution >= 4 is 0 Å². The Morgan fingerprint density at radius 3 is 2.22 bits per heavy atom. The second-order valence-corrected chi connectivity index (χ2v) is 4.01. The van der Waals surface area contributed by atoms with Crippen LogP contribution in [0.4, 0.5) is 17.6 Å². The molecular weight excluding hydrogens is 250 g/mol. The summed E-state index contributed by atoms with van der Waals surface area (Å²) in [5, 5.41) is 2.80. The molecular formula is C12H15F4NO. The molecule has 0 unspecified atom stereocenters. The van der Waals surface area contributed by atoms with E-state index in [0.717, 1.165) is 5.56 Å². The highest BCUT2D eigenvalue weighted by atomic mass is 19.4. The van der Waals surface area contributed by atoms with Gasteiger partial charge >= 0.3 is 6.36 Å². The summed E-state index contributed by atoms with van der Waals surface area (Å²) in [5.41, 5.74) is 1.88. The van der Waals surface area contributed by atoms with Gasteiger partial charge in [0.2, 0.25) is 0 Å². The number of hydrogen-bond acceptors (Lipinski definition) is 2. The summed E-state index contributed by atoms with van der Waals surface area (Å²) in [7, 11) is 0. The summed E-state index contributed by atoms with van der Waals surface area (Å²) in [5.74, 6) is -0.251. The molecule has 18 heavy (non-hydrogen) atoms. The number of alkyl halides is 3. The quantitative estimate of drug-likeness (QED) is 0.652. The molecule has 1 rings (SSSR count). The Morgan fingerprint density at radius 2 is 1.72 bits per heavy atom. The first-order valence-corrected chi connectivity index (χ1v) is 5.46. The third-order valence-corrected chi connectivity index (χ3v) is 2.37. The van der Waals surface area contributed by atoms with Crippen LogP contribution in [0, 0.1) is 19.7 Å². The Kier molecular flexibility index (Phi) is 5.10. The summed E-state index contributed by atoms with van der Waals surface area (Å²) in [4.78, 5) is 0. The number of aryl methyl sites for hydroxylation is 2. The molecule has 0 spiro atoms. The maximum absolute atomic E-state index is 13.3. The summed E-state index contributed by atoms with van der Waals surface area (Å²) in [6.45, 7) is 3.32. The largest absolute Gasteiger partial charge is 0.522 e. The summed E-state index contributed by atoms with van der Waals surface area (Å²) in [6.07, 6.45) is -4.59. The molecule has 0 heterocycles. The lowest BCUT2D eigenvalue weighted by Crippen LogP contribution is -2.24. The predicted octanol–water partition coefficient (Wildman–Crippen LogP) is 3.07. The van der Waals surface area contributed by atoms with Gasteiger partial charge in [0.25, 0.3) is 0 Å². The van der Waals surface area contributed by atoms with Crippen molar-refractivity contribution in [2.75, 3.05) is 13.2 Å². The molecule has 2 nitrogen and oxygen atoms in total. The van der Waals surface area contributed by atoms with Crippen LogP contribution in [-0.2, 0) is 11.3 Å². The molecule has 0 aliphatic carbocycles. The highest BCUT2D eigenvalue weighted by Crippen LogP contribution is 2.16. The number of ether oxygens (including phenoxy) is 1. The van der Waals surface area contributed by atoms with E-state index in [9.17, 15) is 17.6 Å². The molecule has 0 saturated heterocycles. The van der Waals surface area contributed by atoms with Gasteiger partial charge in [0.1, 0.15) is 5.82 Å². The van der Waals surface area contributed by atoms with Crippen LogP contribution in [0.2, 0.25) is 0 Å². The van der Waals surface area contributed by atoms with E-state index < -0.39 is 13.0 Å². The lowest BCUT2D eigenvalue weighted by atomic mass is 10.1. The van der Waals surface area contributed by atoms with Gasteiger partial charge in [-0.2, -0.15) is 0 Å². The van der Waals surface area contributed by atoms with Gasteiger partial charge in [-0.3, -0.25) is 4.74 Å². The molecule has 0 radical (unpaired) electrons. The van der Waals surface area contributed by atoms with Crippen molar-refractivity contribution in [1.82, 2.24) is 5.32 Å². The fourth-order valence-electron chi connectivity index (χ4n) is 1.61. The van der Waals surface area contributed by atoms with E-state index >= 15 is 0 Å². The Balaban J connectivity index is 2.36. The van der Waals surface area contributed by atoms with Crippen LogP contribution in [0.1, 0.15) is 16.7 Å². The molecule has 6 heteroatoms. The number of rotatable bonds is 5. The van der Waals surface area contributed by atoms with E-state index in [4.69, 9.17) is 0 Å². The monoisotopic (exact) mass is 265 g/mol. The third-order valence-electron chi connectivity index (χ3n) is 2.37. The highest BCUT2D eigenvalue weighted by Gasteiger charge is 2.28. The number of halogens is 4. The summed E-state index contributed by atoms with van der Waals surface area (Å²) in [6, 6.07) is 3.33. The Labute approximate surface area is 103 Å². The highest BCUT2D eigenvalue weighted by molar-refractivity contribution is 5.30. The van der Waals surface area contributed by atoms with E-state index in [1.54, 1.807) is 26.0 Å². The topological polar surface area (TPSA) is 21.3 Å². The van der Waals surface area contributed by atoms with Crippen LogP contribution in [0.3, 0.4) is 0 Å². The van der Waals surface area contributed by atoms with Gasteiger partial charge in [-0.1, -0.05) is 12.1 Å². The van der Waals surface area contributed by atoms with Crippen LogP contribution in [0.5, 0.6) is 0 Å². The Hall–Kier alpha value is -1.14. The minimum atomic E-state index is -4.59. The molecule has 1 aromatic carbocycles. The minimum absolute atomic E-state index is 0.0784. The first-order chi connectivity index (χ1) is 8.29. The van der Waals surface area contributed by atoms with Crippen molar-refractivity contribution in [2.45, 2.75) is 26.8 Å². The second-order valence-electron chi connectivity index (χ2n) is 4.01. The number of nitrogens with one attached hydrogen (secondary N) is 1. The molecule has 0 fully saturated rings. The van der Waals surface area contributed by atoms with Crippen molar-refractivity contribution in [3.05, 3.63) is 34.6 Å². The van der Waals surface area contributed by atoms with Gasteiger partial charge in [0.05, 0.1) is 6.61 Å². The SMILES string of the molecule is Cc1cc(CNCCOC(F)(F)F)cc(C)c1F. The van der Waals surface area contributed by atoms with Crippen LogP contribution >= 0.6 is 0 Å². The molecule has 0 saturated carbocycles. The molecule has 0 aliphatic heterocycles. The molecule has 0 bridgehead atoms. The third kappa shape index (κ3) is 5.01. The minimum Gasteiger partial charge on any atom is -0.310 e. The molecule has 0 atom stereocenters. The maximum Gasteiger partial charge on any atom is 0.522 e. The van der Waals surface area contributed by atoms with E-state index in [2.05, 4.69) is 10.1 Å². The number of hydrogen-bond donors (Lipinski definition) is 1. The van der Waals surface area contributed by atoms with Gasteiger partial charge < -0.3 is 5.32 Å². The van der Waals surface area contributed by atoms with E-state index in [1.165, 1.54) is 0 Å². The van der Waals surface area contributed by atoms with Crippen molar-refractivity contribution in [3.8, 4) is 0 Å². The van der Waals surface area contributed by atoms with Crippen LogP contribution in [0.15, 0.2) is 12.1 Å². The van der Waals surface area contributed by atoms with E-state index in [1.807, 2.05) is 0 Å². The van der Waals surface area contributed by atoms with Crippen molar-refractivity contribution in [2.24, 2.45) is 0 Å². The average molecular weight is 265 g/mol. The zero-order valence-electron chi connectivity index (χ0n) is 10.2. The van der Waals surface area contributed by atoms with Crippen molar-refractivity contribution in [3.63, 3.8) is 0 Å². The Bertz CT molecular complexity index is 381. The van der Waals surface area contributed by atoms with Crippen molar-refractivity contribution < 1.29 is 22.3 Å². The van der Waals surface area contributed by atoms with Gasteiger partial charge in [0.15, 0.2) is 0 Å². The standard InChI is InChI=1S/C12H15F4NO/c1-8-5-10(6-9(2)11(8)13)7-17-3-4-18-12(14,15)16/h5-6,17H,3-4,7H2,1-2H3. The zero-order chi connectivity index (χ0) is 13.8. The lowest BCUT2D eigenvalue weighted by Gasteiger charge is -2.10. The molecule has 0 aliphatic rings. The second kappa shape index (κ2) is 6.15. The molecule has 1 aromatic rings. The maximum atomic E-state index is 13.3. The zero-order valence-corrected chi connectivity index (χ0v) is 10.2. The van der Waals surface area contributed by atoms with E-state index in [0.29, 0.717) is 17.7 Å². The molecule has 102 valence electrons. The Morgan fingerprint density at radius 1 is 1.17 bits per heavy atom. The number of benzene rings is 1. The fourth-order valence-corrected chi connectivity index (χ4v) is 1.61. The van der Waals surface area contributed by atoms with Crippen LogP contribution < -0.4 is 5.32 Å². The molecule has 0 aromatic heterocycles.